The van der Waals surface area contributed by atoms with Crippen LogP contribution in [-0.4, -0.2) is 52.2 Å². The lowest BCUT2D eigenvalue weighted by molar-refractivity contribution is 0.0918. The van der Waals surface area contributed by atoms with Crippen molar-refractivity contribution in [3.8, 4) is 0 Å². The number of sulfonamides is 1. The van der Waals surface area contributed by atoms with Crippen molar-refractivity contribution in [2.75, 3.05) is 32.8 Å². The predicted octanol–water partition coefficient (Wildman–Crippen LogP) is 1.47. The van der Waals surface area contributed by atoms with Crippen LogP contribution in [0, 0.1) is 11.3 Å². The molecular weight excluding hydrogens is 312 g/mol. The summed E-state index contributed by atoms with van der Waals surface area (Å²) in [5.74, 6) is 0.446. The van der Waals surface area contributed by atoms with Gasteiger partial charge in [0.2, 0.25) is 10.0 Å². The highest BCUT2D eigenvalue weighted by atomic mass is 32.2. The highest BCUT2D eigenvalue weighted by molar-refractivity contribution is 7.89. The van der Waals surface area contributed by atoms with Gasteiger partial charge in [-0.1, -0.05) is 24.6 Å². The van der Waals surface area contributed by atoms with Gasteiger partial charge in [0.05, 0.1) is 18.1 Å². The fourth-order valence-electron chi connectivity index (χ4n) is 4.08. The average Bonchev–Trinajstić information content (AvgIpc) is 3.02. The third-order valence-electron chi connectivity index (χ3n) is 5.81. The molecular formula is C17H24N2O3S. The fraction of sp³-hybridized carbons (Fsp3) is 0.647. The van der Waals surface area contributed by atoms with Crippen LogP contribution in [0.1, 0.15) is 19.3 Å². The normalized spacial score (nSPS) is 31.9. The number of ether oxygens (including phenoxy) is 1. The first kappa shape index (κ1) is 15.6. The van der Waals surface area contributed by atoms with Crippen LogP contribution >= 0.6 is 0 Å². The van der Waals surface area contributed by atoms with Crippen LogP contribution in [0.25, 0.3) is 0 Å². The number of fused-ring (bicyclic) bond motifs is 1. The van der Waals surface area contributed by atoms with Crippen molar-refractivity contribution in [3.63, 3.8) is 0 Å². The maximum atomic E-state index is 12.5. The molecule has 1 aromatic rings. The lowest BCUT2D eigenvalue weighted by Gasteiger charge is -2.36. The molecule has 23 heavy (non-hydrogen) atoms. The summed E-state index contributed by atoms with van der Waals surface area (Å²) < 4.78 is 33.5. The van der Waals surface area contributed by atoms with E-state index >= 15 is 0 Å². The van der Waals surface area contributed by atoms with Crippen LogP contribution in [0.4, 0.5) is 0 Å². The number of likely N-dealkylation sites (tertiary alicyclic amines) is 1. The van der Waals surface area contributed by atoms with E-state index in [2.05, 4.69) is 9.62 Å². The Morgan fingerprint density at radius 2 is 2.04 bits per heavy atom. The molecule has 1 aromatic carbocycles. The van der Waals surface area contributed by atoms with E-state index in [0.717, 1.165) is 19.7 Å². The molecule has 0 spiro atoms. The smallest absolute Gasteiger partial charge is 0.240 e. The van der Waals surface area contributed by atoms with Gasteiger partial charge in [0.15, 0.2) is 0 Å². The quantitative estimate of drug-likeness (QED) is 0.884. The van der Waals surface area contributed by atoms with E-state index in [9.17, 15) is 8.42 Å². The molecule has 0 radical (unpaired) electrons. The molecule has 2 heterocycles. The van der Waals surface area contributed by atoms with Crippen LogP contribution in [-0.2, 0) is 14.8 Å². The Kier molecular flexibility index (Phi) is 3.96. The Bertz CT molecular complexity index is 660. The molecule has 0 unspecified atom stereocenters. The van der Waals surface area contributed by atoms with Crippen LogP contribution in [0.15, 0.2) is 35.2 Å². The Balaban J connectivity index is 1.47. The zero-order valence-electron chi connectivity index (χ0n) is 13.3. The lowest BCUT2D eigenvalue weighted by atomic mass is 9.81. The van der Waals surface area contributed by atoms with Gasteiger partial charge in [0, 0.05) is 37.0 Å². The minimum atomic E-state index is -3.44. The Labute approximate surface area is 138 Å². The van der Waals surface area contributed by atoms with Gasteiger partial charge < -0.3 is 4.74 Å². The topological polar surface area (TPSA) is 58.6 Å². The third kappa shape index (κ3) is 2.82. The Morgan fingerprint density at radius 1 is 1.26 bits per heavy atom. The molecule has 0 bridgehead atoms. The van der Waals surface area contributed by atoms with E-state index in [1.54, 1.807) is 24.3 Å². The zero-order chi connectivity index (χ0) is 15.9. The van der Waals surface area contributed by atoms with E-state index < -0.39 is 10.0 Å². The molecule has 4 rings (SSSR count). The zero-order valence-corrected chi connectivity index (χ0v) is 14.1. The van der Waals surface area contributed by atoms with Gasteiger partial charge in [0.1, 0.15) is 0 Å². The molecule has 1 aliphatic carbocycles. The van der Waals surface area contributed by atoms with E-state index in [0.29, 0.717) is 30.0 Å². The molecule has 5 nitrogen and oxygen atoms in total. The highest BCUT2D eigenvalue weighted by Gasteiger charge is 2.52. The van der Waals surface area contributed by atoms with Crippen molar-refractivity contribution < 1.29 is 13.2 Å². The van der Waals surface area contributed by atoms with Crippen molar-refractivity contribution in [2.45, 2.75) is 30.2 Å². The van der Waals surface area contributed by atoms with E-state index in [1.807, 2.05) is 6.07 Å². The van der Waals surface area contributed by atoms with Gasteiger partial charge in [-0.25, -0.2) is 13.1 Å². The molecule has 6 heteroatoms. The van der Waals surface area contributed by atoms with Crippen molar-refractivity contribution >= 4 is 10.0 Å². The summed E-state index contributed by atoms with van der Waals surface area (Å²) in [7, 11) is -3.44. The molecule has 3 fully saturated rings. The molecule has 0 aromatic heterocycles. The SMILES string of the molecule is O=S(=O)(NC[C@]12COC[C@H]1CN(C1CCC1)C2)c1ccccc1. The summed E-state index contributed by atoms with van der Waals surface area (Å²) >= 11 is 0. The van der Waals surface area contributed by atoms with Gasteiger partial charge >= 0.3 is 0 Å². The minimum absolute atomic E-state index is 0.0581. The first-order valence-electron chi connectivity index (χ1n) is 8.46. The molecule has 1 N–H and O–H groups in total. The summed E-state index contributed by atoms with van der Waals surface area (Å²) in [5, 5.41) is 0. The number of hydrogen-bond donors (Lipinski definition) is 1. The van der Waals surface area contributed by atoms with Gasteiger partial charge in [-0.05, 0) is 25.0 Å². The second-order valence-corrected chi connectivity index (χ2v) is 8.99. The second-order valence-electron chi connectivity index (χ2n) is 7.23. The monoisotopic (exact) mass is 336 g/mol. The predicted molar refractivity (Wildman–Crippen MR) is 87.6 cm³/mol. The van der Waals surface area contributed by atoms with Crippen molar-refractivity contribution in [2.24, 2.45) is 11.3 Å². The maximum absolute atomic E-state index is 12.5. The summed E-state index contributed by atoms with van der Waals surface area (Å²) in [5.41, 5.74) is -0.0581. The van der Waals surface area contributed by atoms with Crippen molar-refractivity contribution in [3.05, 3.63) is 30.3 Å². The molecule has 2 atom stereocenters. The van der Waals surface area contributed by atoms with E-state index in [4.69, 9.17) is 4.74 Å². The number of nitrogens with zero attached hydrogens (tertiary/aromatic N) is 1. The summed E-state index contributed by atoms with van der Waals surface area (Å²) in [6.45, 7) is 3.91. The molecule has 3 aliphatic rings. The van der Waals surface area contributed by atoms with Gasteiger partial charge in [-0.15, -0.1) is 0 Å². The number of nitrogens with one attached hydrogen (secondary N) is 1. The van der Waals surface area contributed by atoms with Gasteiger partial charge in [0.25, 0.3) is 0 Å². The van der Waals surface area contributed by atoms with E-state index in [1.165, 1.54) is 19.3 Å². The van der Waals surface area contributed by atoms with E-state index in [-0.39, 0.29) is 5.41 Å². The van der Waals surface area contributed by atoms with Crippen LogP contribution in [0.5, 0.6) is 0 Å². The summed E-state index contributed by atoms with van der Waals surface area (Å²) in [4.78, 5) is 2.90. The Hall–Kier alpha value is -0.950. The fourth-order valence-corrected chi connectivity index (χ4v) is 5.23. The summed E-state index contributed by atoms with van der Waals surface area (Å²) in [6, 6.07) is 9.31. The molecule has 2 saturated heterocycles. The lowest BCUT2D eigenvalue weighted by Crippen LogP contribution is -2.45. The average molecular weight is 336 g/mol. The first-order chi connectivity index (χ1) is 11.1. The van der Waals surface area contributed by atoms with Crippen molar-refractivity contribution in [1.29, 1.82) is 0 Å². The molecule has 1 saturated carbocycles. The van der Waals surface area contributed by atoms with Crippen LogP contribution in [0.2, 0.25) is 0 Å². The maximum Gasteiger partial charge on any atom is 0.240 e. The van der Waals surface area contributed by atoms with Gasteiger partial charge in [-0.2, -0.15) is 0 Å². The third-order valence-corrected chi connectivity index (χ3v) is 7.22. The largest absolute Gasteiger partial charge is 0.380 e. The number of benzene rings is 1. The Morgan fingerprint density at radius 3 is 2.74 bits per heavy atom. The van der Waals surface area contributed by atoms with Crippen LogP contribution in [0.3, 0.4) is 0 Å². The second kappa shape index (κ2) is 5.84. The minimum Gasteiger partial charge on any atom is -0.380 e. The van der Waals surface area contributed by atoms with Crippen LogP contribution < -0.4 is 4.72 Å². The van der Waals surface area contributed by atoms with Crippen molar-refractivity contribution in [1.82, 2.24) is 9.62 Å². The van der Waals surface area contributed by atoms with Gasteiger partial charge in [-0.3, -0.25) is 4.90 Å². The molecule has 126 valence electrons. The molecule has 0 amide bonds. The number of hydrogen-bond acceptors (Lipinski definition) is 4. The summed E-state index contributed by atoms with van der Waals surface area (Å²) in [6.07, 6.45) is 3.91. The highest BCUT2D eigenvalue weighted by Crippen LogP contribution is 2.44. The number of rotatable bonds is 5. The first-order valence-corrected chi connectivity index (χ1v) is 9.94. The molecule has 2 aliphatic heterocycles. The standard InChI is InChI=1S/C17H24N2O3S/c20-23(21,16-7-2-1-3-8-16)18-11-17-12-19(15-5-4-6-15)9-14(17)10-22-13-17/h1-3,7-8,14-15,18H,4-6,9-13H2/t14-,17+/m1/s1.